The van der Waals surface area contributed by atoms with E-state index in [4.69, 9.17) is 5.73 Å². The first-order valence-electron chi connectivity index (χ1n) is 7.28. The summed E-state index contributed by atoms with van der Waals surface area (Å²) < 4.78 is 0. The number of likely N-dealkylation sites (tertiary alicyclic amines) is 1. The minimum Gasteiger partial charge on any atom is -0.399 e. The van der Waals surface area contributed by atoms with Crippen LogP contribution in [0.2, 0.25) is 0 Å². The number of anilines is 1. The normalized spacial score (nSPS) is 15.8. The lowest BCUT2D eigenvalue weighted by molar-refractivity contribution is -0.116. The van der Waals surface area contributed by atoms with Gasteiger partial charge in [-0.1, -0.05) is 12.1 Å². The summed E-state index contributed by atoms with van der Waals surface area (Å²) in [7, 11) is 0. The van der Waals surface area contributed by atoms with Gasteiger partial charge in [0, 0.05) is 18.3 Å². The summed E-state index contributed by atoms with van der Waals surface area (Å²) >= 11 is 0. The van der Waals surface area contributed by atoms with E-state index in [1.54, 1.807) is 12.2 Å². The van der Waals surface area contributed by atoms with Crippen LogP contribution in [0, 0.1) is 0 Å². The number of hydrogen-bond acceptors (Lipinski definition) is 3. The fraction of sp³-hybridized carbons (Fsp3) is 0.438. The molecule has 0 atom stereocenters. The van der Waals surface area contributed by atoms with Gasteiger partial charge in [0.25, 0.3) is 0 Å². The summed E-state index contributed by atoms with van der Waals surface area (Å²) in [5, 5.41) is 2.91. The van der Waals surface area contributed by atoms with Crippen molar-refractivity contribution >= 4 is 17.7 Å². The highest BCUT2D eigenvalue weighted by Crippen LogP contribution is 2.08. The number of nitrogen functional groups attached to an aromatic ring is 1. The lowest BCUT2D eigenvalue weighted by atomic mass is 10.2. The number of carbonyl (C=O) groups excluding carboxylic acids is 1. The Bertz CT molecular complexity index is 465. The van der Waals surface area contributed by atoms with Crippen LogP contribution in [-0.4, -0.2) is 37.0 Å². The number of hydrogen-bond donors (Lipinski definition) is 2. The van der Waals surface area contributed by atoms with Crippen LogP contribution in [0.5, 0.6) is 0 Å². The van der Waals surface area contributed by atoms with Gasteiger partial charge in [-0.3, -0.25) is 4.79 Å². The average Bonchev–Trinajstić information content (AvgIpc) is 2.95. The largest absolute Gasteiger partial charge is 0.399 e. The molecule has 20 heavy (non-hydrogen) atoms. The zero-order chi connectivity index (χ0) is 14.2. The zero-order valence-electron chi connectivity index (χ0n) is 11.8. The van der Waals surface area contributed by atoms with Crippen LogP contribution < -0.4 is 11.1 Å². The van der Waals surface area contributed by atoms with Crippen molar-refractivity contribution in [2.45, 2.75) is 19.3 Å². The second-order valence-electron chi connectivity index (χ2n) is 5.20. The summed E-state index contributed by atoms with van der Waals surface area (Å²) in [6.07, 6.45) is 6.99. The Morgan fingerprint density at radius 3 is 2.90 bits per heavy atom. The van der Waals surface area contributed by atoms with Gasteiger partial charge in [0.15, 0.2) is 0 Å². The standard InChI is InChI=1S/C16H23N3O/c17-15-6-3-5-14(13-15)7-8-16(20)18-9-4-12-19-10-1-2-11-19/h3,5-8,13H,1-2,4,9-12,17H2,(H,18,20)/b8-7+. The molecule has 1 aromatic rings. The Morgan fingerprint density at radius 1 is 1.35 bits per heavy atom. The molecule has 4 heteroatoms. The summed E-state index contributed by atoms with van der Waals surface area (Å²) in [6.45, 7) is 4.24. The van der Waals surface area contributed by atoms with Crippen LogP contribution in [0.4, 0.5) is 5.69 Å². The van der Waals surface area contributed by atoms with Crippen molar-refractivity contribution in [3.63, 3.8) is 0 Å². The highest BCUT2D eigenvalue weighted by Gasteiger charge is 2.10. The summed E-state index contributed by atoms with van der Waals surface area (Å²) in [5.41, 5.74) is 7.33. The van der Waals surface area contributed by atoms with Crippen molar-refractivity contribution in [3.8, 4) is 0 Å². The highest BCUT2D eigenvalue weighted by atomic mass is 16.1. The summed E-state index contributed by atoms with van der Waals surface area (Å²) in [5.74, 6) is -0.0474. The first-order valence-corrected chi connectivity index (χ1v) is 7.28. The molecule has 1 amide bonds. The van der Waals surface area contributed by atoms with E-state index < -0.39 is 0 Å². The van der Waals surface area contributed by atoms with Gasteiger partial charge in [0.05, 0.1) is 0 Å². The third kappa shape index (κ3) is 5.05. The number of amides is 1. The number of nitrogens with two attached hydrogens (primary N) is 1. The summed E-state index contributed by atoms with van der Waals surface area (Å²) in [4.78, 5) is 14.1. The minimum absolute atomic E-state index is 0.0474. The van der Waals surface area contributed by atoms with Crippen molar-refractivity contribution in [2.24, 2.45) is 0 Å². The molecule has 4 nitrogen and oxygen atoms in total. The molecule has 1 aliphatic heterocycles. The lowest BCUT2D eigenvalue weighted by Crippen LogP contribution is -2.27. The second kappa shape index (κ2) is 7.70. The van der Waals surface area contributed by atoms with Crippen molar-refractivity contribution in [1.29, 1.82) is 0 Å². The molecule has 2 rings (SSSR count). The van der Waals surface area contributed by atoms with Gasteiger partial charge in [0.2, 0.25) is 5.91 Å². The minimum atomic E-state index is -0.0474. The molecule has 1 heterocycles. The molecule has 1 saturated heterocycles. The maximum absolute atomic E-state index is 11.7. The van der Waals surface area contributed by atoms with Crippen LogP contribution in [0.1, 0.15) is 24.8 Å². The number of nitrogens with zero attached hydrogens (tertiary/aromatic N) is 1. The SMILES string of the molecule is Nc1cccc(/C=C/C(=O)NCCCN2CCCC2)c1. The molecule has 0 bridgehead atoms. The predicted octanol–water partition coefficient (Wildman–Crippen LogP) is 1.88. The van der Waals surface area contributed by atoms with E-state index >= 15 is 0 Å². The van der Waals surface area contributed by atoms with Crippen LogP contribution in [0.25, 0.3) is 6.08 Å². The number of rotatable bonds is 6. The van der Waals surface area contributed by atoms with Crippen LogP contribution >= 0.6 is 0 Å². The second-order valence-corrected chi connectivity index (χ2v) is 5.20. The van der Waals surface area contributed by atoms with E-state index in [0.717, 1.165) is 25.1 Å². The smallest absolute Gasteiger partial charge is 0.243 e. The van der Waals surface area contributed by atoms with Crippen LogP contribution in [-0.2, 0) is 4.79 Å². The predicted molar refractivity (Wildman–Crippen MR) is 83.2 cm³/mol. The first kappa shape index (κ1) is 14.6. The molecule has 0 spiro atoms. The maximum Gasteiger partial charge on any atom is 0.243 e. The topological polar surface area (TPSA) is 58.4 Å². The Morgan fingerprint density at radius 2 is 2.15 bits per heavy atom. The Labute approximate surface area is 120 Å². The van der Waals surface area contributed by atoms with Crippen molar-refractivity contribution in [3.05, 3.63) is 35.9 Å². The van der Waals surface area contributed by atoms with Crippen molar-refractivity contribution < 1.29 is 4.79 Å². The molecular formula is C16H23N3O. The van der Waals surface area contributed by atoms with E-state index in [9.17, 15) is 4.79 Å². The third-order valence-electron chi connectivity index (χ3n) is 3.49. The average molecular weight is 273 g/mol. The lowest BCUT2D eigenvalue weighted by Gasteiger charge is -2.13. The molecule has 0 saturated carbocycles. The Balaban J connectivity index is 1.64. The van der Waals surface area contributed by atoms with E-state index in [1.807, 2.05) is 24.3 Å². The molecule has 0 radical (unpaired) electrons. The Hall–Kier alpha value is -1.81. The first-order chi connectivity index (χ1) is 9.74. The maximum atomic E-state index is 11.7. The van der Waals surface area contributed by atoms with Gasteiger partial charge in [-0.15, -0.1) is 0 Å². The van der Waals surface area contributed by atoms with Gasteiger partial charge >= 0.3 is 0 Å². The zero-order valence-corrected chi connectivity index (χ0v) is 11.8. The molecule has 1 aliphatic rings. The quantitative estimate of drug-likeness (QED) is 0.473. The van der Waals surface area contributed by atoms with Gasteiger partial charge in [-0.05, 0) is 62.7 Å². The van der Waals surface area contributed by atoms with Gasteiger partial charge in [-0.2, -0.15) is 0 Å². The fourth-order valence-corrected chi connectivity index (χ4v) is 2.41. The third-order valence-corrected chi connectivity index (χ3v) is 3.49. The Kier molecular flexibility index (Phi) is 5.62. The van der Waals surface area contributed by atoms with E-state index in [-0.39, 0.29) is 5.91 Å². The molecule has 3 N–H and O–H groups in total. The van der Waals surface area contributed by atoms with E-state index in [2.05, 4.69) is 10.2 Å². The number of carbonyl (C=O) groups is 1. The van der Waals surface area contributed by atoms with Gasteiger partial charge < -0.3 is 16.0 Å². The molecule has 0 unspecified atom stereocenters. The number of benzene rings is 1. The van der Waals surface area contributed by atoms with Crippen molar-refractivity contribution in [2.75, 3.05) is 31.9 Å². The molecule has 108 valence electrons. The highest BCUT2D eigenvalue weighted by molar-refractivity contribution is 5.91. The van der Waals surface area contributed by atoms with Gasteiger partial charge in [-0.25, -0.2) is 0 Å². The molecule has 1 aromatic carbocycles. The van der Waals surface area contributed by atoms with Crippen LogP contribution in [0.15, 0.2) is 30.3 Å². The van der Waals surface area contributed by atoms with E-state index in [0.29, 0.717) is 5.69 Å². The molecular weight excluding hydrogens is 250 g/mol. The molecule has 1 fully saturated rings. The summed E-state index contributed by atoms with van der Waals surface area (Å²) in [6, 6.07) is 7.48. The number of nitrogens with one attached hydrogen (secondary N) is 1. The van der Waals surface area contributed by atoms with Crippen molar-refractivity contribution in [1.82, 2.24) is 10.2 Å². The molecule has 0 aliphatic carbocycles. The fourth-order valence-electron chi connectivity index (χ4n) is 2.41. The van der Waals surface area contributed by atoms with E-state index in [1.165, 1.54) is 25.9 Å². The van der Waals surface area contributed by atoms with Crippen LogP contribution in [0.3, 0.4) is 0 Å². The molecule has 0 aromatic heterocycles. The monoisotopic (exact) mass is 273 g/mol. The van der Waals surface area contributed by atoms with Gasteiger partial charge in [0.1, 0.15) is 0 Å².